The number of nitrogens with one attached hydrogen (secondary N) is 2. The summed E-state index contributed by atoms with van der Waals surface area (Å²) in [6, 6.07) is 11.9. The van der Waals surface area contributed by atoms with Gasteiger partial charge in [-0.15, -0.1) is 0 Å². The van der Waals surface area contributed by atoms with Gasteiger partial charge < -0.3 is 20.8 Å². The number of benzene rings is 2. The average Bonchev–Trinajstić information content (AvgIpc) is 2.41. The molecule has 2 aromatic carbocycles. The Kier molecular flexibility index (Phi) is 3.85. The maximum atomic E-state index is 11.7. The lowest BCUT2D eigenvalue weighted by Gasteiger charge is -2.07. The first-order valence-electron chi connectivity index (χ1n) is 5.75. The molecule has 6 heteroatoms. The van der Waals surface area contributed by atoms with Gasteiger partial charge in [-0.1, -0.05) is 18.2 Å². The van der Waals surface area contributed by atoms with Crippen LogP contribution in [-0.4, -0.2) is 22.0 Å². The van der Waals surface area contributed by atoms with E-state index in [1.165, 1.54) is 36.4 Å². The zero-order chi connectivity index (χ0) is 14.5. The lowest BCUT2D eigenvalue weighted by molar-refractivity contribution is -0.133. The molecular weight excluding hydrogens is 260 g/mol. The minimum Gasteiger partial charge on any atom is -0.508 e. The van der Waals surface area contributed by atoms with Crippen molar-refractivity contribution in [3.05, 3.63) is 48.5 Å². The molecule has 0 unspecified atom stereocenters. The van der Waals surface area contributed by atoms with Gasteiger partial charge in [0, 0.05) is 11.8 Å². The van der Waals surface area contributed by atoms with E-state index in [4.69, 9.17) is 0 Å². The summed E-state index contributed by atoms with van der Waals surface area (Å²) in [6.45, 7) is 0. The summed E-state index contributed by atoms with van der Waals surface area (Å²) in [4.78, 5) is 23.3. The first-order chi connectivity index (χ1) is 9.56. The number of carbonyl (C=O) groups excluding carboxylic acids is 2. The van der Waals surface area contributed by atoms with Gasteiger partial charge in [-0.2, -0.15) is 0 Å². The number of hydrogen-bond donors (Lipinski definition) is 4. The molecule has 0 aliphatic heterocycles. The SMILES string of the molecule is O=C(Nc1cccc(O)c1)C(=O)Nc1ccccc1O. The number of carbonyl (C=O) groups is 2. The molecule has 2 aromatic rings. The number of hydrogen-bond acceptors (Lipinski definition) is 4. The third-order valence-corrected chi connectivity index (χ3v) is 2.46. The van der Waals surface area contributed by atoms with E-state index in [-0.39, 0.29) is 17.2 Å². The molecule has 6 nitrogen and oxygen atoms in total. The number of rotatable bonds is 2. The Bertz CT molecular complexity index is 655. The van der Waals surface area contributed by atoms with Crippen molar-refractivity contribution in [2.45, 2.75) is 0 Å². The number of anilines is 2. The number of amides is 2. The van der Waals surface area contributed by atoms with Crippen LogP contribution in [0.5, 0.6) is 11.5 Å². The van der Waals surface area contributed by atoms with E-state index in [2.05, 4.69) is 10.6 Å². The first-order valence-corrected chi connectivity index (χ1v) is 5.75. The molecular formula is C14H12N2O4. The maximum absolute atomic E-state index is 11.7. The standard InChI is InChI=1S/C14H12N2O4/c17-10-5-3-4-9(8-10)15-13(19)14(20)16-11-6-1-2-7-12(11)18/h1-8,17-18H,(H,15,19)(H,16,20). The monoisotopic (exact) mass is 272 g/mol. The van der Waals surface area contributed by atoms with Crippen molar-refractivity contribution in [3.8, 4) is 11.5 Å². The van der Waals surface area contributed by atoms with Crippen LogP contribution in [0.1, 0.15) is 0 Å². The Morgan fingerprint density at radius 1 is 0.850 bits per heavy atom. The van der Waals surface area contributed by atoms with Crippen molar-refractivity contribution in [1.29, 1.82) is 0 Å². The number of para-hydroxylation sites is 2. The van der Waals surface area contributed by atoms with Gasteiger partial charge in [0.1, 0.15) is 11.5 Å². The van der Waals surface area contributed by atoms with Gasteiger partial charge in [0.15, 0.2) is 0 Å². The summed E-state index contributed by atoms with van der Waals surface area (Å²) in [5.41, 5.74) is 0.436. The highest BCUT2D eigenvalue weighted by molar-refractivity contribution is 6.43. The van der Waals surface area contributed by atoms with E-state index in [0.29, 0.717) is 5.69 Å². The smallest absolute Gasteiger partial charge is 0.314 e. The van der Waals surface area contributed by atoms with E-state index >= 15 is 0 Å². The van der Waals surface area contributed by atoms with Crippen LogP contribution >= 0.6 is 0 Å². The van der Waals surface area contributed by atoms with Crippen LogP contribution in [0.25, 0.3) is 0 Å². The summed E-state index contributed by atoms with van der Waals surface area (Å²) in [5.74, 6) is -1.98. The molecule has 4 N–H and O–H groups in total. The summed E-state index contributed by atoms with van der Waals surface area (Å²) in [7, 11) is 0. The van der Waals surface area contributed by atoms with E-state index < -0.39 is 11.8 Å². The molecule has 20 heavy (non-hydrogen) atoms. The molecule has 0 aliphatic carbocycles. The Balaban J connectivity index is 2.03. The molecule has 0 heterocycles. The Labute approximate surface area is 114 Å². The van der Waals surface area contributed by atoms with Gasteiger partial charge >= 0.3 is 11.8 Å². The van der Waals surface area contributed by atoms with E-state index in [9.17, 15) is 19.8 Å². The minimum absolute atomic E-state index is 0.0242. The molecule has 0 aromatic heterocycles. The van der Waals surface area contributed by atoms with E-state index in [0.717, 1.165) is 0 Å². The van der Waals surface area contributed by atoms with Crippen molar-refractivity contribution >= 4 is 23.2 Å². The molecule has 0 atom stereocenters. The lowest BCUT2D eigenvalue weighted by atomic mass is 10.3. The Morgan fingerprint density at radius 2 is 1.55 bits per heavy atom. The fourth-order valence-corrected chi connectivity index (χ4v) is 1.53. The summed E-state index contributed by atoms with van der Waals surface area (Å²) in [5, 5.41) is 23.4. The van der Waals surface area contributed by atoms with Gasteiger partial charge in [-0.05, 0) is 24.3 Å². The second-order valence-electron chi connectivity index (χ2n) is 3.98. The summed E-state index contributed by atoms with van der Waals surface area (Å²) >= 11 is 0. The molecule has 2 rings (SSSR count). The largest absolute Gasteiger partial charge is 0.508 e. The number of phenols is 2. The zero-order valence-corrected chi connectivity index (χ0v) is 10.3. The van der Waals surface area contributed by atoms with Crippen LogP contribution in [0.4, 0.5) is 11.4 Å². The predicted molar refractivity (Wildman–Crippen MR) is 73.5 cm³/mol. The second-order valence-corrected chi connectivity index (χ2v) is 3.98. The topological polar surface area (TPSA) is 98.7 Å². The van der Waals surface area contributed by atoms with Gasteiger partial charge in [0.2, 0.25) is 0 Å². The lowest BCUT2D eigenvalue weighted by Crippen LogP contribution is -2.29. The van der Waals surface area contributed by atoms with Crippen molar-refractivity contribution in [2.75, 3.05) is 10.6 Å². The molecule has 0 saturated heterocycles. The quantitative estimate of drug-likeness (QED) is 0.493. The minimum atomic E-state index is -0.921. The molecule has 102 valence electrons. The highest BCUT2D eigenvalue weighted by Crippen LogP contribution is 2.21. The molecule has 0 radical (unpaired) electrons. The fraction of sp³-hybridized carbons (Fsp3) is 0. The van der Waals surface area contributed by atoms with Crippen molar-refractivity contribution < 1.29 is 19.8 Å². The van der Waals surface area contributed by atoms with Crippen LogP contribution < -0.4 is 10.6 Å². The Morgan fingerprint density at radius 3 is 2.25 bits per heavy atom. The van der Waals surface area contributed by atoms with Gasteiger partial charge in [-0.3, -0.25) is 9.59 Å². The predicted octanol–water partition coefficient (Wildman–Crippen LogP) is 1.67. The molecule has 0 aliphatic rings. The van der Waals surface area contributed by atoms with Crippen LogP contribution in [0, 0.1) is 0 Å². The van der Waals surface area contributed by atoms with Crippen LogP contribution in [0.2, 0.25) is 0 Å². The zero-order valence-electron chi connectivity index (χ0n) is 10.3. The number of phenolic OH excluding ortho intramolecular Hbond substituents is 2. The first kappa shape index (κ1) is 13.4. The highest BCUT2D eigenvalue weighted by atomic mass is 16.3. The second kappa shape index (κ2) is 5.75. The average molecular weight is 272 g/mol. The van der Waals surface area contributed by atoms with Crippen molar-refractivity contribution in [3.63, 3.8) is 0 Å². The highest BCUT2D eigenvalue weighted by Gasteiger charge is 2.15. The van der Waals surface area contributed by atoms with E-state index in [1.807, 2.05) is 0 Å². The van der Waals surface area contributed by atoms with Crippen LogP contribution in [0.3, 0.4) is 0 Å². The van der Waals surface area contributed by atoms with E-state index in [1.54, 1.807) is 12.1 Å². The van der Waals surface area contributed by atoms with Crippen LogP contribution in [0.15, 0.2) is 48.5 Å². The van der Waals surface area contributed by atoms with Gasteiger partial charge in [0.05, 0.1) is 5.69 Å². The molecule has 0 saturated carbocycles. The normalized spacial score (nSPS) is 9.80. The molecule has 0 fully saturated rings. The fourth-order valence-electron chi connectivity index (χ4n) is 1.53. The molecule has 0 bridgehead atoms. The maximum Gasteiger partial charge on any atom is 0.314 e. The Hall–Kier alpha value is -3.02. The summed E-state index contributed by atoms with van der Waals surface area (Å²) < 4.78 is 0. The number of aromatic hydroxyl groups is 2. The third-order valence-electron chi connectivity index (χ3n) is 2.46. The third kappa shape index (κ3) is 3.26. The van der Waals surface area contributed by atoms with Crippen molar-refractivity contribution in [2.24, 2.45) is 0 Å². The molecule has 2 amide bonds. The molecule has 0 spiro atoms. The van der Waals surface area contributed by atoms with Crippen molar-refractivity contribution in [1.82, 2.24) is 0 Å². The van der Waals surface area contributed by atoms with Crippen LogP contribution in [-0.2, 0) is 9.59 Å². The summed E-state index contributed by atoms with van der Waals surface area (Å²) in [6.07, 6.45) is 0. The van der Waals surface area contributed by atoms with Gasteiger partial charge in [0.25, 0.3) is 0 Å². The van der Waals surface area contributed by atoms with Gasteiger partial charge in [-0.25, -0.2) is 0 Å².